The molecule has 2 aromatic rings. The smallest absolute Gasteiger partial charge is 0.263 e. The van der Waals surface area contributed by atoms with Gasteiger partial charge in [-0.25, -0.2) is 13.4 Å². The minimum atomic E-state index is -3.97. The van der Waals surface area contributed by atoms with E-state index in [1.54, 1.807) is 6.07 Å². The van der Waals surface area contributed by atoms with E-state index in [2.05, 4.69) is 9.71 Å². The van der Waals surface area contributed by atoms with Gasteiger partial charge >= 0.3 is 0 Å². The van der Waals surface area contributed by atoms with E-state index < -0.39 is 10.0 Å². The van der Waals surface area contributed by atoms with E-state index in [-0.39, 0.29) is 21.3 Å². The SMILES string of the molecule is N#Cc1ccc(Cl)cc1S(=O)(=O)Nc1cc(Cl)ccn1. The van der Waals surface area contributed by atoms with Gasteiger partial charge in [-0.3, -0.25) is 4.72 Å². The molecule has 0 atom stereocenters. The van der Waals surface area contributed by atoms with Gasteiger partial charge in [0.1, 0.15) is 16.8 Å². The predicted molar refractivity (Wildman–Crippen MR) is 76.2 cm³/mol. The monoisotopic (exact) mass is 327 g/mol. The summed E-state index contributed by atoms with van der Waals surface area (Å²) in [6.45, 7) is 0. The summed E-state index contributed by atoms with van der Waals surface area (Å²) >= 11 is 11.5. The van der Waals surface area contributed by atoms with Crippen LogP contribution in [0.25, 0.3) is 0 Å². The molecule has 0 saturated heterocycles. The quantitative estimate of drug-likeness (QED) is 0.939. The Balaban J connectivity index is 2.46. The lowest BCUT2D eigenvalue weighted by Gasteiger charge is -2.09. The van der Waals surface area contributed by atoms with Gasteiger partial charge < -0.3 is 0 Å². The summed E-state index contributed by atoms with van der Waals surface area (Å²) in [5, 5.41) is 9.51. The van der Waals surface area contributed by atoms with Crippen LogP contribution in [0.2, 0.25) is 10.0 Å². The number of benzene rings is 1. The molecule has 20 heavy (non-hydrogen) atoms. The van der Waals surface area contributed by atoms with Crippen molar-refractivity contribution in [2.75, 3.05) is 4.72 Å². The molecule has 102 valence electrons. The number of sulfonamides is 1. The zero-order valence-corrected chi connectivity index (χ0v) is 12.2. The summed E-state index contributed by atoms with van der Waals surface area (Å²) in [6.07, 6.45) is 1.36. The summed E-state index contributed by atoms with van der Waals surface area (Å²) in [5.41, 5.74) is -0.0103. The highest BCUT2D eigenvalue weighted by Gasteiger charge is 2.20. The molecule has 0 radical (unpaired) electrons. The van der Waals surface area contributed by atoms with Gasteiger partial charge in [-0.15, -0.1) is 0 Å². The van der Waals surface area contributed by atoms with Crippen molar-refractivity contribution in [3.05, 3.63) is 52.1 Å². The molecule has 0 spiro atoms. The summed E-state index contributed by atoms with van der Waals surface area (Å²) < 4.78 is 26.7. The molecule has 1 heterocycles. The van der Waals surface area contributed by atoms with Gasteiger partial charge in [-0.05, 0) is 24.3 Å². The van der Waals surface area contributed by atoms with Gasteiger partial charge in [0.2, 0.25) is 0 Å². The van der Waals surface area contributed by atoms with Crippen LogP contribution in [0.1, 0.15) is 5.56 Å². The summed E-state index contributed by atoms with van der Waals surface area (Å²) in [6, 6.07) is 8.65. The minimum Gasteiger partial charge on any atom is -0.263 e. The third-order valence-corrected chi connectivity index (χ3v) is 4.18. The van der Waals surface area contributed by atoms with Crippen molar-refractivity contribution >= 4 is 39.0 Å². The normalized spacial score (nSPS) is 10.8. The maximum Gasteiger partial charge on any atom is 0.264 e. The Bertz CT molecular complexity index is 801. The average molecular weight is 328 g/mol. The van der Waals surface area contributed by atoms with Crippen LogP contribution in [0, 0.1) is 11.3 Å². The molecule has 0 fully saturated rings. The lowest BCUT2D eigenvalue weighted by Crippen LogP contribution is -2.15. The summed E-state index contributed by atoms with van der Waals surface area (Å²) in [5.74, 6) is 0.0568. The first-order valence-corrected chi connectivity index (χ1v) is 7.50. The number of anilines is 1. The first kappa shape index (κ1) is 14.6. The number of nitrogens with zero attached hydrogens (tertiary/aromatic N) is 2. The van der Waals surface area contributed by atoms with E-state index in [9.17, 15) is 8.42 Å². The molecule has 1 aromatic carbocycles. The molecular weight excluding hydrogens is 321 g/mol. The summed E-state index contributed by atoms with van der Waals surface area (Å²) in [7, 11) is -3.97. The van der Waals surface area contributed by atoms with Crippen LogP contribution in [0.3, 0.4) is 0 Å². The Hall–Kier alpha value is -1.81. The highest BCUT2D eigenvalue weighted by molar-refractivity contribution is 7.92. The third kappa shape index (κ3) is 3.20. The number of aromatic nitrogens is 1. The van der Waals surface area contributed by atoms with Crippen LogP contribution >= 0.6 is 23.2 Å². The van der Waals surface area contributed by atoms with Crippen LogP contribution in [0.15, 0.2) is 41.4 Å². The van der Waals surface area contributed by atoms with E-state index in [4.69, 9.17) is 28.5 Å². The van der Waals surface area contributed by atoms with Gasteiger partial charge in [0, 0.05) is 22.3 Å². The van der Waals surface area contributed by atoms with Crippen LogP contribution in [0.4, 0.5) is 5.82 Å². The van der Waals surface area contributed by atoms with Crippen LogP contribution in [-0.2, 0) is 10.0 Å². The highest BCUT2D eigenvalue weighted by atomic mass is 35.5. The predicted octanol–water partition coefficient (Wildman–Crippen LogP) is 3.06. The molecule has 1 aromatic heterocycles. The van der Waals surface area contributed by atoms with Crippen LogP contribution in [0.5, 0.6) is 0 Å². The number of halogens is 2. The maximum atomic E-state index is 12.2. The van der Waals surface area contributed by atoms with Crippen molar-refractivity contribution in [2.45, 2.75) is 4.90 Å². The number of rotatable bonds is 3. The Kier molecular flexibility index (Phi) is 4.14. The number of hydrogen-bond acceptors (Lipinski definition) is 4. The largest absolute Gasteiger partial charge is 0.264 e. The van der Waals surface area contributed by atoms with Crippen LogP contribution < -0.4 is 4.72 Å². The zero-order valence-electron chi connectivity index (χ0n) is 9.84. The molecule has 0 aliphatic heterocycles. The van der Waals surface area contributed by atoms with E-state index in [1.165, 1.54) is 36.5 Å². The Morgan fingerprint density at radius 2 is 1.85 bits per heavy atom. The molecule has 2 rings (SSSR count). The van der Waals surface area contributed by atoms with Gasteiger partial charge in [-0.2, -0.15) is 5.26 Å². The van der Waals surface area contributed by atoms with E-state index in [1.807, 2.05) is 0 Å². The minimum absolute atomic E-state index is 0.0103. The van der Waals surface area contributed by atoms with Gasteiger partial charge in [0.05, 0.1) is 5.56 Å². The van der Waals surface area contributed by atoms with Gasteiger partial charge in [0.15, 0.2) is 0 Å². The first-order valence-electron chi connectivity index (χ1n) is 5.26. The Labute approximate surface area is 125 Å². The van der Waals surface area contributed by atoms with Crippen molar-refractivity contribution < 1.29 is 8.42 Å². The lowest BCUT2D eigenvalue weighted by molar-refractivity contribution is 0.601. The second-order valence-electron chi connectivity index (χ2n) is 3.72. The standard InChI is InChI=1S/C12H7Cl2N3O2S/c13-9-2-1-8(7-15)11(5-9)20(18,19)17-12-6-10(14)3-4-16-12/h1-6H,(H,16,17). The Morgan fingerprint density at radius 3 is 2.50 bits per heavy atom. The van der Waals surface area contributed by atoms with Gasteiger partial charge in [0.25, 0.3) is 10.0 Å². The molecule has 1 N–H and O–H groups in total. The number of nitrogens with one attached hydrogen (secondary N) is 1. The fourth-order valence-corrected chi connectivity index (χ4v) is 3.04. The molecule has 0 saturated carbocycles. The van der Waals surface area contributed by atoms with Crippen molar-refractivity contribution in [3.63, 3.8) is 0 Å². The van der Waals surface area contributed by atoms with Crippen molar-refractivity contribution in [2.24, 2.45) is 0 Å². The highest BCUT2D eigenvalue weighted by Crippen LogP contribution is 2.23. The topological polar surface area (TPSA) is 82.8 Å². The fourth-order valence-electron chi connectivity index (χ4n) is 1.46. The molecule has 0 bridgehead atoms. The van der Waals surface area contributed by atoms with Gasteiger partial charge in [-0.1, -0.05) is 23.2 Å². The van der Waals surface area contributed by atoms with Crippen molar-refractivity contribution in [1.82, 2.24) is 4.98 Å². The average Bonchev–Trinajstić information content (AvgIpc) is 2.38. The zero-order chi connectivity index (χ0) is 14.8. The molecule has 8 heteroatoms. The second kappa shape index (κ2) is 5.67. The molecule has 0 aliphatic rings. The first-order chi connectivity index (χ1) is 9.42. The van der Waals surface area contributed by atoms with Crippen LogP contribution in [-0.4, -0.2) is 13.4 Å². The molecule has 5 nitrogen and oxygen atoms in total. The number of nitriles is 1. The maximum absolute atomic E-state index is 12.2. The Morgan fingerprint density at radius 1 is 1.15 bits per heavy atom. The van der Waals surface area contributed by atoms with Crippen molar-refractivity contribution in [1.29, 1.82) is 5.26 Å². The lowest BCUT2D eigenvalue weighted by atomic mass is 10.2. The number of pyridine rings is 1. The van der Waals surface area contributed by atoms with E-state index in [0.29, 0.717) is 5.02 Å². The molecule has 0 unspecified atom stereocenters. The van der Waals surface area contributed by atoms with E-state index >= 15 is 0 Å². The van der Waals surface area contributed by atoms with E-state index in [0.717, 1.165) is 0 Å². The molecule has 0 amide bonds. The number of hydrogen-bond donors (Lipinski definition) is 1. The molecule has 0 aliphatic carbocycles. The molecular formula is C12H7Cl2N3O2S. The fraction of sp³-hybridized carbons (Fsp3) is 0. The van der Waals surface area contributed by atoms with Crippen molar-refractivity contribution in [3.8, 4) is 6.07 Å². The third-order valence-electron chi connectivity index (χ3n) is 2.31. The summed E-state index contributed by atoms with van der Waals surface area (Å²) in [4.78, 5) is 3.62. The second-order valence-corrected chi connectivity index (χ2v) is 6.24.